The summed E-state index contributed by atoms with van der Waals surface area (Å²) in [6.45, 7) is 4.83. The highest BCUT2D eigenvalue weighted by atomic mass is 19.1. The Morgan fingerprint density at radius 1 is 1.55 bits per heavy atom. The molecule has 2 heteroatoms. The molecular weight excluding hydrogens is 143 g/mol. The molecule has 0 atom stereocenters. The first-order valence-electron chi connectivity index (χ1n) is 3.23. The van der Waals surface area contributed by atoms with E-state index in [1.807, 2.05) is 0 Å². The highest BCUT2D eigenvalue weighted by Gasteiger charge is 2.01. The molecular formula is C9H8FO. The average molecular weight is 151 g/mol. The van der Waals surface area contributed by atoms with E-state index in [2.05, 4.69) is 6.92 Å². The molecule has 1 rings (SSSR count). The molecule has 1 aromatic carbocycles. The molecule has 57 valence electrons. The van der Waals surface area contributed by atoms with Crippen LogP contribution >= 0.6 is 0 Å². The zero-order chi connectivity index (χ0) is 8.43. The van der Waals surface area contributed by atoms with Gasteiger partial charge in [-0.25, -0.2) is 4.39 Å². The molecule has 1 radical (unpaired) electrons. The number of carbonyl (C=O) groups excluding carboxylic acids is 1. The molecule has 1 nitrogen and oxygen atoms in total. The number of ketones is 1. The molecule has 0 bridgehead atoms. The van der Waals surface area contributed by atoms with E-state index in [0.29, 0.717) is 11.1 Å². The third kappa shape index (κ3) is 1.64. The number of hydrogen-bond acceptors (Lipinski definition) is 1. The van der Waals surface area contributed by atoms with Gasteiger partial charge in [0.05, 0.1) is 0 Å². The molecule has 0 fully saturated rings. The van der Waals surface area contributed by atoms with Crippen molar-refractivity contribution in [2.24, 2.45) is 0 Å². The summed E-state index contributed by atoms with van der Waals surface area (Å²) < 4.78 is 12.7. The first-order chi connectivity index (χ1) is 5.11. The normalized spacial score (nSPS) is 9.73. The van der Waals surface area contributed by atoms with E-state index >= 15 is 0 Å². The summed E-state index contributed by atoms with van der Waals surface area (Å²) in [6, 6.07) is 4.25. The Morgan fingerprint density at radius 2 is 2.18 bits per heavy atom. The van der Waals surface area contributed by atoms with E-state index in [0.717, 1.165) is 0 Å². The van der Waals surface area contributed by atoms with E-state index in [1.165, 1.54) is 19.1 Å². The van der Waals surface area contributed by atoms with E-state index in [1.54, 1.807) is 6.07 Å². The second kappa shape index (κ2) is 2.82. The topological polar surface area (TPSA) is 17.1 Å². The van der Waals surface area contributed by atoms with Crippen molar-refractivity contribution in [2.75, 3.05) is 0 Å². The van der Waals surface area contributed by atoms with Gasteiger partial charge in [-0.3, -0.25) is 4.79 Å². The molecule has 11 heavy (non-hydrogen) atoms. The molecule has 0 saturated carbocycles. The smallest absolute Gasteiger partial charge is 0.159 e. The van der Waals surface area contributed by atoms with Crippen molar-refractivity contribution < 1.29 is 9.18 Å². The molecule has 0 saturated heterocycles. The van der Waals surface area contributed by atoms with Gasteiger partial charge >= 0.3 is 0 Å². The number of Topliss-reactive ketones (excluding diaryl/α,β-unsaturated/α-hetero) is 1. The lowest BCUT2D eigenvalue weighted by molar-refractivity contribution is 0.101. The summed E-state index contributed by atoms with van der Waals surface area (Å²) in [5.41, 5.74) is 0.699. The predicted octanol–water partition coefficient (Wildman–Crippen LogP) is 2.21. The van der Waals surface area contributed by atoms with Gasteiger partial charge in [0.25, 0.3) is 0 Å². The maximum Gasteiger partial charge on any atom is 0.159 e. The Balaban J connectivity index is 3.15. The van der Waals surface area contributed by atoms with Crippen LogP contribution in [-0.4, -0.2) is 5.78 Å². The number of benzene rings is 1. The second-order valence-corrected chi connectivity index (χ2v) is 2.36. The molecule has 0 heterocycles. The minimum absolute atomic E-state index is 0.135. The molecule has 0 aliphatic heterocycles. The van der Waals surface area contributed by atoms with Crippen molar-refractivity contribution in [3.05, 3.63) is 42.1 Å². The van der Waals surface area contributed by atoms with Crippen LogP contribution in [0.15, 0.2) is 18.2 Å². The molecule has 0 amide bonds. The second-order valence-electron chi connectivity index (χ2n) is 2.36. The fourth-order valence-corrected chi connectivity index (χ4v) is 0.766. The third-order valence-electron chi connectivity index (χ3n) is 1.46. The standard InChI is InChI=1S/C9H8FO/c1-6-3-4-8(7(2)11)5-9(6)10/h3-5H,1H2,2H3. The lowest BCUT2D eigenvalue weighted by atomic mass is 10.1. The largest absolute Gasteiger partial charge is 0.295 e. The highest BCUT2D eigenvalue weighted by Crippen LogP contribution is 2.09. The van der Waals surface area contributed by atoms with E-state index in [-0.39, 0.29) is 5.78 Å². The van der Waals surface area contributed by atoms with Crippen LogP contribution in [0.4, 0.5) is 4.39 Å². The first-order valence-corrected chi connectivity index (χ1v) is 3.23. The summed E-state index contributed by atoms with van der Waals surface area (Å²) in [4.78, 5) is 10.7. The van der Waals surface area contributed by atoms with Gasteiger partial charge < -0.3 is 0 Å². The Morgan fingerprint density at radius 3 is 2.64 bits per heavy atom. The van der Waals surface area contributed by atoms with Gasteiger partial charge in [-0.1, -0.05) is 12.1 Å². The van der Waals surface area contributed by atoms with Crippen molar-refractivity contribution in [3.8, 4) is 0 Å². The van der Waals surface area contributed by atoms with Gasteiger partial charge in [-0.2, -0.15) is 0 Å². The van der Waals surface area contributed by atoms with E-state index < -0.39 is 5.82 Å². The summed E-state index contributed by atoms with van der Waals surface area (Å²) in [6.07, 6.45) is 0. The molecule has 0 aliphatic carbocycles. The maximum atomic E-state index is 12.7. The van der Waals surface area contributed by atoms with Gasteiger partial charge in [0.2, 0.25) is 0 Å². The molecule has 0 spiro atoms. The molecule has 1 aromatic rings. The summed E-state index contributed by atoms with van der Waals surface area (Å²) in [5.74, 6) is -0.568. The fourth-order valence-electron chi connectivity index (χ4n) is 0.766. The Bertz CT molecular complexity index is 292. The molecule has 0 aliphatic rings. The van der Waals surface area contributed by atoms with E-state index in [4.69, 9.17) is 0 Å². The van der Waals surface area contributed by atoms with Crippen LogP contribution in [0.25, 0.3) is 0 Å². The minimum atomic E-state index is -0.433. The molecule has 0 unspecified atom stereocenters. The summed E-state index contributed by atoms with van der Waals surface area (Å²) in [7, 11) is 0. The monoisotopic (exact) mass is 151 g/mol. The Hall–Kier alpha value is -1.18. The van der Waals surface area contributed by atoms with Crippen LogP contribution in [0.2, 0.25) is 0 Å². The number of rotatable bonds is 1. The van der Waals surface area contributed by atoms with Crippen molar-refractivity contribution in [2.45, 2.75) is 6.92 Å². The predicted molar refractivity (Wildman–Crippen MR) is 40.9 cm³/mol. The zero-order valence-corrected chi connectivity index (χ0v) is 6.23. The minimum Gasteiger partial charge on any atom is -0.295 e. The molecule has 0 N–H and O–H groups in total. The summed E-state index contributed by atoms with van der Waals surface area (Å²) in [5, 5.41) is 0. The lowest BCUT2D eigenvalue weighted by Crippen LogP contribution is -1.93. The highest BCUT2D eigenvalue weighted by molar-refractivity contribution is 5.94. The number of halogens is 1. The van der Waals surface area contributed by atoms with Crippen LogP contribution in [0.3, 0.4) is 0 Å². The SMILES string of the molecule is [CH2]c1ccc(C(C)=O)cc1F. The van der Waals surface area contributed by atoms with Gasteiger partial charge in [0.1, 0.15) is 5.82 Å². The van der Waals surface area contributed by atoms with Crippen LogP contribution in [0, 0.1) is 12.7 Å². The van der Waals surface area contributed by atoms with Gasteiger partial charge in [0, 0.05) is 5.56 Å². The van der Waals surface area contributed by atoms with Crippen LogP contribution in [-0.2, 0) is 0 Å². The Kier molecular flexibility index (Phi) is 2.03. The fraction of sp³-hybridized carbons (Fsp3) is 0.111. The van der Waals surface area contributed by atoms with Crippen molar-refractivity contribution in [3.63, 3.8) is 0 Å². The first kappa shape index (κ1) is 7.92. The maximum absolute atomic E-state index is 12.7. The van der Waals surface area contributed by atoms with Crippen molar-refractivity contribution in [1.82, 2.24) is 0 Å². The van der Waals surface area contributed by atoms with Gasteiger partial charge in [-0.15, -0.1) is 0 Å². The summed E-state index contributed by atoms with van der Waals surface area (Å²) >= 11 is 0. The van der Waals surface area contributed by atoms with Gasteiger partial charge in [0.15, 0.2) is 5.78 Å². The third-order valence-corrected chi connectivity index (χ3v) is 1.46. The molecule has 0 aromatic heterocycles. The zero-order valence-electron chi connectivity index (χ0n) is 6.23. The number of carbonyl (C=O) groups is 1. The van der Waals surface area contributed by atoms with Crippen molar-refractivity contribution >= 4 is 5.78 Å². The van der Waals surface area contributed by atoms with Crippen molar-refractivity contribution in [1.29, 1.82) is 0 Å². The number of hydrogen-bond donors (Lipinski definition) is 0. The van der Waals surface area contributed by atoms with Gasteiger partial charge in [-0.05, 0) is 25.5 Å². The lowest BCUT2D eigenvalue weighted by Gasteiger charge is -1.97. The average Bonchev–Trinajstić information content (AvgIpc) is 1.94. The van der Waals surface area contributed by atoms with Crippen LogP contribution in [0.5, 0.6) is 0 Å². The van der Waals surface area contributed by atoms with E-state index in [9.17, 15) is 9.18 Å². The quantitative estimate of drug-likeness (QED) is 0.562. The van der Waals surface area contributed by atoms with Crippen LogP contribution in [0.1, 0.15) is 22.8 Å². The Labute approximate surface area is 64.9 Å². The van der Waals surface area contributed by atoms with Crippen LogP contribution < -0.4 is 0 Å².